The minimum Gasteiger partial charge on any atom is -0.372 e. The predicted octanol–water partition coefficient (Wildman–Crippen LogP) is -0.238. The lowest BCUT2D eigenvalue weighted by molar-refractivity contribution is 0.195. The summed E-state index contributed by atoms with van der Waals surface area (Å²) in [6.07, 6.45) is 2.41. The van der Waals surface area contributed by atoms with E-state index in [1.807, 2.05) is 0 Å². The Labute approximate surface area is 84.5 Å². The Balaban J connectivity index is 2.18. The van der Waals surface area contributed by atoms with Gasteiger partial charge in [-0.3, -0.25) is 0 Å². The van der Waals surface area contributed by atoms with Crippen molar-refractivity contribution in [2.45, 2.75) is 6.92 Å². The van der Waals surface area contributed by atoms with Crippen molar-refractivity contribution in [2.75, 3.05) is 0 Å². The fourth-order valence-electron chi connectivity index (χ4n) is 1.01. The maximum Gasteiger partial charge on any atom is 0.427 e. The maximum atomic E-state index is 11.5. The van der Waals surface area contributed by atoms with Crippen LogP contribution in [0, 0.1) is 6.92 Å². The van der Waals surface area contributed by atoms with E-state index in [1.165, 1.54) is 21.6 Å². The summed E-state index contributed by atoms with van der Waals surface area (Å²) < 4.78 is 7.43. The standard InChI is InChI=1S/C7H8N6O2/c1-5-8-3-4-13(5)7(14)15-6-9-10-11-12(6)2/h3-4H,1-2H3. The normalized spacial score (nSPS) is 10.3. The molecule has 2 heterocycles. The Hall–Kier alpha value is -2.25. The van der Waals surface area contributed by atoms with Gasteiger partial charge in [0.15, 0.2) is 0 Å². The summed E-state index contributed by atoms with van der Waals surface area (Å²) >= 11 is 0. The minimum absolute atomic E-state index is 0.0353. The fourth-order valence-corrected chi connectivity index (χ4v) is 1.01. The van der Waals surface area contributed by atoms with Gasteiger partial charge in [-0.15, -0.1) is 0 Å². The third-order valence-corrected chi connectivity index (χ3v) is 1.78. The van der Waals surface area contributed by atoms with Crippen molar-refractivity contribution in [1.82, 2.24) is 29.8 Å². The lowest BCUT2D eigenvalue weighted by atomic mass is 10.7. The topological polar surface area (TPSA) is 87.7 Å². The van der Waals surface area contributed by atoms with E-state index in [1.54, 1.807) is 14.0 Å². The quantitative estimate of drug-likeness (QED) is 0.642. The van der Waals surface area contributed by atoms with Gasteiger partial charge >= 0.3 is 12.1 Å². The monoisotopic (exact) mass is 208 g/mol. The molecule has 2 rings (SSSR count). The number of imidazole rings is 1. The zero-order chi connectivity index (χ0) is 10.8. The van der Waals surface area contributed by atoms with E-state index in [2.05, 4.69) is 20.5 Å². The average molecular weight is 208 g/mol. The molecule has 15 heavy (non-hydrogen) atoms. The Bertz CT molecular complexity index is 487. The highest BCUT2D eigenvalue weighted by Gasteiger charge is 2.13. The molecule has 8 heteroatoms. The van der Waals surface area contributed by atoms with Crippen LogP contribution in [0.4, 0.5) is 4.79 Å². The van der Waals surface area contributed by atoms with Crippen molar-refractivity contribution >= 4 is 6.09 Å². The molecular weight excluding hydrogens is 200 g/mol. The highest BCUT2D eigenvalue weighted by molar-refractivity contribution is 5.72. The Kier molecular flexibility index (Phi) is 2.16. The van der Waals surface area contributed by atoms with Gasteiger partial charge < -0.3 is 4.74 Å². The number of ether oxygens (including phenoxy) is 1. The molecule has 0 aliphatic rings. The first-order valence-electron chi connectivity index (χ1n) is 4.13. The molecule has 0 aliphatic carbocycles. The van der Waals surface area contributed by atoms with E-state index in [0.29, 0.717) is 5.82 Å². The molecule has 0 radical (unpaired) electrons. The van der Waals surface area contributed by atoms with Crippen LogP contribution in [0.1, 0.15) is 5.82 Å². The molecule has 0 amide bonds. The van der Waals surface area contributed by atoms with Gasteiger partial charge in [0.1, 0.15) is 5.82 Å². The molecule has 8 nitrogen and oxygen atoms in total. The summed E-state index contributed by atoms with van der Waals surface area (Å²) in [7, 11) is 1.57. The van der Waals surface area contributed by atoms with E-state index in [-0.39, 0.29) is 6.01 Å². The first-order valence-corrected chi connectivity index (χ1v) is 4.13. The molecule has 0 unspecified atom stereocenters. The van der Waals surface area contributed by atoms with Crippen LogP contribution in [0.25, 0.3) is 0 Å². The average Bonchev–Trinajstić information content (AvgIpc) is 2.76. The molecule has 0 N–H and O–H groups in total. The van der Waals surface area contributed by atoms with Crippen LogP contribution in [0.15, 0.2) is 12.4 Å². The van der Waals surface area contributed by atoms with Crippen molar-refractivity contribution in [3.05, 3.63) is 18.2 Å². The zero-order valence-corrected chi connectivity index (χ0v) is 8.15. The Morgan fingerprint density at radius 1 is 1.53 bits per heavy atom. The van der Waals surface area contributed by atoms with Gasteiger partial charge in [-0.1, -0.05) is 5.10 Å². The first kappa shape index (κ1) is 9.31. The summed E-state index contributed by atoms with van der Waals surface area (Å²) in [6, 6.07) is 0.0353. The number of hydrogen-bond acceptors (Lipinski definition) is 6. The van der Waals surface area contributed by atoms with Gasteiger partial charge in [0.25, 0.3) is 0 Å². The minimum atomic E-state index is -0.595. The summed E-state index contributed by atoms with van der Waals surface area (Å²) in [5.41, 5.74) is 0. The van der Waals surface area contributed by atoms with Crippen LogP contribution in [-0.4, -0.2) is 35.9 Å². The zero-order valence-electron chi connectivity index (χ0n) is 8.15. The van der Waals surface area contributed by atoms with Gasteiger partial charge in [0.2, 0.25) is 0 Å². The number of rotatable bonds is 1. The molecular formula is C7H8N6O2. The van der Waals surface area contributed by atoms with Crippen LogP contribution in [0.2, 0.25) is 0 Å². The molecule has 0 saturated heterocycles. The van der Waals surface area contributed by atoms with Crippen LogP contribution >= 0.6 is 0 Å². The van der Waals surface area contributed by atoms with E-state index in [4.69, 9.17) is 4.74 Å². The van der Waals surface area contributed by atoms with Gasteiger partial charge in [0.05, 0.1) is 0 Å². The fraction of sp³-hybridized carbons (Fsp3) is 0.286. The van der Waals surface area contributed by atoms with Crippen LogP contribution in [0.3, 0.4) is 0 Å². The second-order valence-electron chi connectivity index (χ2n) is 2.80. The summed E-state index contributed by atoms with van der Waals surface area (Å²) in [5, 5.41) is 10.4. The third kappa shape index (κ3) is 1.68. The van der Waals surface area contributed by atoms with E-state index >= 15 is 0 Å². The Morgan fingerprint density at radius 2 is 2.33 bits per heavy atom. The number of aryl methyl sites for hydroxylation is 2. The third-order valence-electron chi connectivity index (χ3n) is 1.78. The molecule has 78 valence electrons. The van der Waals surface area contributed by atoms with E-state index < -0.39 is 6.09 Å². The van der Waals surface area contributed by atoms with E-state index in [9.17, 15) is 4.79 Å². The van der Waals surface area contributed by atoms with Gasteiger partial charge in [0, 0.05) is 19.4 Å². The van der Waals surface area contributed by atoms with Gasteiger partial charge in [-0.2, -0.15) is 4.68 Å². The largest absolute Gasteiger partial charge is 0.427 e. The maximum absolute atomic E-state index is 11.5. The summed E-state index contributed by atoms with van der Waals surface area (Å²) in [6.45, 7) is 1.69. The van der Waals surface area contributed by atoms with Crippen LogP contribution in [0.5, 0.6) is 6.01 Å². The molecule has 0 atom stereocenters. The van der Waals surface area contributed by atoms with Crippen molar-refractivity contribution in [3.63, 3.8) is 0 Å². The highest BCUT2D eigenvalue weighted by Crippen LogP contribution is 2.03. The van der Waals surface area contributed by atoms with Crippen molar-refractivity contribution in [1.29, 1.82) is 0 Å². The van der Waals surface area contributed by atoms with Crippen LogP contribution < -0.4 is 4.74 Å². The van der Waals surface area contributed by atoms with Gasteiger partial charge in [-0.25, -0.2) is 14.3 Å². The summed E-state index contributed by atoms with van der Waals surface area (Å²) in [5.74, 6) is 0.537. The van der Waals surface area contributed by atoms with Crippen molar-refractivity contribution in [3.8, 4) is 6.01 Å². The molecule has 0 aliphatic heterocycles. The smallest absolute Gasteiger partial charge is 0.372 e. The highest BCUT2D eigenvalue weighted by atomic mass is 16.6. The molecule has 0 fully saturated rings. The Morgan fingerprint density at radius 3 is 2.87 bits per heavy atom. The molecule has 0 spiro atoms. The SMILES string of the molecule is Cc1nccn1C(=O)Oc1nnnn1C. The van der Waals surface area contributed by atoms with Crippen molar-refractivity contribution < 1.29 is 9.53 Å². The number of carbonyl (C=O) groups is 1. The molecule has 0 saturated carbocycles. The molecule has 0 aromatic carbocycles. The second kappa shape index (κ2) is 3.48. The number of aromatic nitrogens is 6. The molecule has 0 bridgehead atoms. The first-order chi connectivity index (χ1) is 7.18. The number of carbonyl (C=O) groups excluding carboxylic acids is 1. The number of nitrogens with zero attached hydrogens (tertiary/aromatic N) is 6. The molecule has 2 aromatic rings. The van der Waals surface area contributed by atoms with Gasteiger partial charge in [-0.05, 0) is 17.4 Å². The lowest BCUT2D eigenvalue weighted by Crippen LogP contribution is -2.19. The van der Waals surface area contributed by atoms with Crippen LogP contribution in [-0.2, 0) is 7.05 Å². The van der Waals surface area contributed by atoms with Crippen molar-refractivity contribution in [2.24, 2.45) is 7.05 Å². The summed E-state index contributed by atoms with van der Waals surface area (Å²) in [4.78, 5) is 15.4. The number of hydrogen-bond donors (Lipinski definition) is 0. The van der Waals surface area contributed by atoms with E-state index in [0.717, 1.165) is 0 Å². The second-order valence-corrected chi connectivity index (χ2v) is 2.80. The number of tetrazole rings is 1. The lowest BCUT2D eigenvalue weighted by Gasteiger charge is -2.02. The predicted molar refractivity (Wildman–Crippen MR) is 47.2 cm³/mol. The molecule has 2 aromatic heterocycles.